The van der Waals surface area contributed by atoms with E-state index < -0.39 is 29.1 Å². The molecular weight excluding hydrogens is 402 g/mol. The molecule has 0 atom stereocenters. The molecule has 1 aliphatic rings. The summed E-state index contributed by atoms with van der Waals surface area (Å²) in [6, 6.07) is 6.63. The van der Waals surface area contributed by atoms with Crippen molar-refractivity contribution >= 4 is 23.7 Å². The van der Waals surface area contributed by atoms with Crippen LogP contribution in [0.5, 0.6) is 0 Å². The van der Waals surface area contributed by atoms with Gasteiger partial charge >= 0.3 is 17.9 Å². The van der Waals surface area contributed by atoms with Crippen LogP contribution in [0.25, 0.3) is 11.3 Å². The van der Waals surface area contributed by atoms with Gasteiger partial charge in [0.1, 0.15) is 0 Å². The largest absolute Gasteiger partial charge is 0.465 e. The molecule has 0 aliphatic heterocycles. The van der Waals surface area contributed by atoms with Gasteiger partial charge in [-0.3, -0.25) is 4.79 Å². The number of ketones is 1. The third-order valence-electron chi connectivity index (χ3n) is 5.47. The van der Waals surface area contributed by atoms with Crippen molar-refractivity contribution in [1.82, 2.24) is 4.57 Å². The number of carbonyl (C=O) groups is 4. The minimum Gasteiger partial charge on any atom is -0.465 e. The maximum atomic E-state index is 13.8. The number of nitrogens with zero attached hydrogens (tertiary/aromatic N) is 1. The number of hydrogen-bond donors (Lipinski definition) is 0. The smallest absolute Gasteiger partial charge is 0.340 e. The topological polar surface area (TPSA) is 101 Å². The van der Waals surface area contributed by atoms with Crippen LogP contribution in [0.15, 0.2) is 24.3 Å². The molecule has 3 rings (SSSR count). The Bertz CT molecular complexity index is 1060. The molecule has 164 valence electrons. The maximum Gasteiger partial charge on any atom is 0.340 e. The lowest BCUT2D eigenvalue weighted by Crippen LogP contribution is -2.55. The average Bonchev–Trinajstić information content (AvgIpc) is 3.00. The van der Waals surface area contributed by atoms with E-state index in [0.717, 1.165) is 0 Å². The fraction of sp³-hybridized carbons (Fsp3) is 0.391. The predicted octanol–water partition coefficient (Wildman–Crippen LogP) is 2.74. The normalized spacial score (nSPS) is 13.8. The SMILES string of the molecule is CCOC(=O)c1c2c(n(C)c1C)-c1ccccc1C(=O)C2(C(=O)OCC)C(=O)OCC. The minimum atomic E-state index is -2.47. The third kappa shape index (κ3) is 3.05. The molecule has 0 saturated heterocycles. The van der Waals surface area contributed by atoms with E-state index in [9.17, 15) is 19.2 Å². The molecule has 0 amide bonds. The van der Waals surface area contributed by atoms with Gasteiger partial charge in [-0.1, -0.05) is 24.3 Å². The molecule has 0 saturated carbocycles. The number of esters is 3. The van der Waals surface area contributed by atoms with Crippen LogP contribution in [0.4, 0.5) is 0 Å². The van der Waals surface area contributed by atoms with Gasteiger partial charge in [-0.2, -0.15) is 0 Å². The number of rotatable bonds is 6. The fourth-order valence-corrected chi connectivity index (χ4v) is 4.09. The summed E-state index contributed by atoms with van der Waals surface area (Å²) in [5, 5.41) is 0. The van der Waals surface area contributed by atoms with Crippen molar-refractivity contribution in [2.75, 3.05) is 19.8 Å². The van der Waals surface area contributed by atoms with E-state index in [4.69, 9.17) is 14.2 Å². The van der Waals surface area contributed by atoms with Gasteiger partial charge in [0.15, 0.2) is 5.78 Å². The molecule has 31 heavy (non-hydrogen) atoms. The van der Waals surface area contributed by atoms with Gasteiger partial charge in [0.2, 0.25) is 0 Å². The second kappa shape index (κ2) is 8.37. The van der Waals surface area contributed by atoms with Crippen LogP contribution in [0.2, 0.25) is 0 Å². The van der Waals surface area contributed by atoms with Crippen molar-refractivity contribution in [2.24, 2.45) is 7.05 Å². The highest BCUT2D eigenvalue weighted by Crippen LogP contribution is 2.48. The van der Waals surface area contributed by atoms with Crippen molar-refractivity contribution < 1.29 is 33.4 Å². The van der Waals surface area contributed by atoms with Crippen LogP contribution in [0.1, 0.15) is 52.7 Å². The number of carbonyl (C=O) groups excluding carboxylic acids is 4. The zero-order valence-corrected chi connectivity index (χ0v) is 18.2. The van der Waals surface area contributed by atoms with E-state index in [2.05, 4.69) is 0 Å². The summed E-state index contributed by atoms with van der Waals surface area (Å²) in [5.74, 6) is -3.68. The van der Waals surface area contributed by atoms with Crippen molar-refractivity contribution in [3.05, 3.63) is 46.6 Å². The van der Waals surface area contributed by atoms with Crippen LogP contribution in [-0.2, 0) is 36.3 Å². The molecule has 1 aliphatic carbocycles. The maximum absolute atomic E-state index is 13.8. The summed E-state index contributed by atoms with van der Waals surface area (Å²) in [5.41, 5.74) is -0.998. The van der Waals surface area contributed by atoms with Crippen LogP contribution in [0, 0.1) is 6.92 Å². The van der Waals surface area contributed by atoms with Gasteiger partial charge in [-0.15, -0.1) is 0 Å². The monoisotopic (exact) mass is 427 g/mol. The van der Waals surface area contributed by atoms with E-state index in [1.165, 1.54) is 0 Å². The summed E-state index contributed by atoms with van der Waals surface area (Å²) in [4.78, 5) is 53.5. The zero-order chi connectivity index (χ0) is 22.9. The van der Waals surface area contributed by atoms with E-state index in [0.29, 0.717) is 17.0 Å². The Morgan fingerprint density at radius 3 is 1.94 bits per heavy atom. The molecule has 0 unspecified atom stereocenters. The van der Waals surface area contributed by atoms with Gasteiger partial charge in [0.25, 0.3) is 5.41 Å². The third-order valence-corrected chi connectivity index (χ3v) is 5.47. The van der Waals surface area contributed by atoms with Gasteiger partial charge in [-0.25, -0.2) is 14.4 Å². The molecule has 2 aromatic rings. The van der Waals surface area contributed by atoms with Crippen molar-refractivity contribution in [1.29, 1.82) is 0 Å². The molecule has 8 nitrogen and oxygen atoms in total. The molecular formula is C23H25NO7. The van der Waals surface area contributed by atoms with Crippen molar-refractivity contribution in [2.45, 2.75) is 33.1 Å². The Morgan fingerprint density at radius 2 is 1.42 bits per heavy atom. The number of aromatic nitrogens is 1. The summed E-state index contributed by atoms with van der Waals surface area (Å²) in [6.45, 7) is 6.41. The highest BCUT2D eigenvalue weighted by atomic mass is 16.6. The van der Waals surface area contributed by atoms with Gasteiger partial charge in [0.05, 0.1) is 31.1 Å². The molecule has 0 N–H and O–H groups in total. The number of fused-ring (bicyclic) bond motifs is 3. The number of benzene rings is 1. The standard InChI is InChI=1S/C23H25NO7/c1-6-29-20(26)16-13(4)24(5)18-14-11-9-10-12-15(14)19(25)23(17(16)18,21(27)30-7-2)22(28)31-8-3/h9-12H,6-8H2,1-5H3. The molecule has 0 radical (unpaired) electrons. The molecule has 1 heterocycles. The van der Waals surface area contributed by atoms with Gasteiger partial charge in [-0.05, 0) is 27.7 Å². The highest BCUT2D eigenvalue weighted by molar-refractivity contribution is 6.35. The molecule has 8 heteroatoms. The van der Waals surface area contributed by atoms with Gasteiger partial charge < -0.3 is 18.8 Å². The Labute approximate surface area is 180 Å². The quantitative estimate of drug-likeness (QED) is 0.397. The second-order valence-electron chi connectivity index (χ2n) is 7.03. The van der Waals surface area contributed by atoms with E-state index >= 15 is 0 Å². The van der Waals surface area contributed by atoms with E-state index in [1.807, 2.05) is 0 Å². The van der Waals surface area contributed by atoms with E-state index in [1.54, 1.807) is 63.6 Å². The molecule has 0 spiro atoms. The molecule has 0 fully saturated rings. The first-order valence-electron chi connectivity index (χ1n) is 10.1. The van der Waals surface area contributed by atoms with Crippen molar-refractivity contribution in [3.63, 3.8) is 0 Å². The first-order chi connectivity index (χ1) is 14.8. The molecule has 1 aromatic heterocycles. The first-order valence-corrected chi connectivity index (χ1v) is 10.1. The van der Waals surface area contributed by atoms with Crippen LogP contribution >= 0.6 is 0 Å². The Kier molecular flexibility index (Phi) is 6.01. The summed E-state index contributed by atoms with van der Waals surface area (Å²) >= 11 is 0. The van der Waals surface area contributed by atoms with Crippen LogP contribution in [0.3, 0.4) is 0 Å². The lowest BCUT2D eigenvalue weighted by atomic mass is 9.67. The van der Waals surface area contributed by atoms with Crippen molar-refractivity contribution in [3.8, 4) is 11.3 Å². The van der Waals surface area contributed by atoms with Crippen LogP contribution < -0.4 is 0 Å². The number of ether oxygens (including phenoxy) is 3. The Hall–Kier alpha value is -3.42. The van der Waals surface area contributed by atoms with E-state index in [-0.39, 0.29) is 36.5 Å². The van der Waals surface area contributed by atoms with Crippen LogP contribution in [-0.4, -0.2) is 48.1 Å². The fourth-order valence-electron chi connectivity index (χ4n) is 4.09. The number of Topliss-reactive ketones (excluding diaryl/α,β-unsaturated/α-hetero) is 1. The number of hydrogen-bond acceptors (Lipinski definition) is 7. The predicted molar refractivity (Wildman–Crippen MR) is 111 cm³/mol. The summed E-state index contributed by atoms with van der Waals surface area (Å²) in [6.07, 6.45) is 0. The summed E-state index contributed by atoms with van der Waals surface area (Å²) in [7, 11) is 1.70. The minimum absolute atomic E-state index is 0.0108. The first kappa shape index (κ1) is 22.3. The Morgan fingerprint density at radius 1 is 0.903 bits per heavy atom. The second-order valence-corrected chi connectivity index (χ2v) is 7.03. The molecule has 0 bridgehead atoms. The highest BCUT2D eigenvalue weighted by Gasteiger charge is 2.63. The summed E-state index contributed by atoms with van der Waals surface area (Å²) < 4.78 is 17.3. The van der Waals surface area contributed by atoms with Gasteiger partial charge in [0, 0.05) is 29.4 Å². The zero-order valence-electron chi connectivity index (χ0n) is 18.2. The lowest BCUT2D eigenvalue weighted by molar-refractivity contribution is -0.161. The lowest BCUT2D eigenvalue weighted by Gasteiger charge is -2.33. The average molecular weight is 427 g/mol. The Balaban J connectivity index is 2.54. The molecule has 1 aromatic carbocycles.